The number of amides is 1. The molecule has 21 heavy (non-hydrogen) atoms. The highest BCUT2D eigenvalue weighted by Gasteiger charge is 2.11. The molecular formula is C18H28N2O. The summed E-state index contributed by atoms with van der Waals surface area (Å²) in [5.74, 6) is 0.741. The van der Waals surface area contributed by atoms with Gasteiger partial charge in [-0.05, 0) is 49.4 Å². The molecule has 1 aliphatic rings. The van der Waals surface area contributed by atoms with Crippen molar-refractivity contribution < 1.29 is 4.79 Å². The number of carbonyl (C=O) groups excluding carboxylic acids is 1. The second-order valence-corrected chi connectivity index (χ2v) is 6.51. The van der Waals surface area contributed by atoms with Gasteiger partial charge in [0.05, 0.1) is 0 Å². The summed E-state index contributed by atoms with van der Waals surface area (Å²) in [6, 6.07) is 8.64. The first-order valence-corrected chi connectivity index (χ1v) is 8.20. The number of hydrogen-bond acceptors (Lipinski definition) is 2. The molecular weight excluding hydrogens is 260 g/mol. The molecule has 1 N–H and O–H groups in total. The van der Waals surface area contributed by atoms with Crippen LogP contribution in [0.25, 0.3) is 0 Å². The zero-order valence-electron chi connectivity index (χ0n) is 13.4. The van der Waals surface area contributed by atoms with Crippen molar-refractivity contribution >= 4 is 5.91 Å². The topological polar surface area (TPSA) is 32.3 Å². The van der Waals surface area contributed by atoms with Crippen LogP contribution < -0.4 is 5.32 Å². The third-order valence-electron chi connectivity index (χ3n) is 4.07. The number of nitrogens with one attached hydrogen (secondary N) is 1. The number of rotatable bonds is 7. The Morgan fingerprint density at radius 2 is 1.76 bits per heavy atom. The van der Waals surface area contributed by atoms with Gasteiger partial charge in [-0.3, -0.25) is 9.69 Å². The van der Waals surface area contributed by atoms with Gasteiger partial charge in [-0.25, -0.2) is 0 Å². The van der Waals surface area contributed by atoms with Gasteiger partial charge in [0, 0.05) is 19.5 Å². The molecule has 0 aromatic heterocycles. The summed E-state index contributed by atoms with van der Waals surface area (Å²) >= 11 is 0. The Kier molecular flexibility index (Phi) is 6.24. The molecule has 3 nitrogen and oxygen atoms in total. The standard InChI is InChI=1S/C18H28N2O/c1-15(2)5-10-18(21)19-13-16-6-8-17(9-7-16)14-20-11-3-4-12-20/h6-9,15H,3-5,10-14H2,1-2H3,(H,19,21). The smallest absolute Gasteiger partial charge is 0.220 e. The van der Waals surface area contributed by atoms with E-state index < -0.39 is 0 Å². The lowest BCUT2D eigenvalue weighted by atomic mass is 10.1. The second-order valence-electron chi connectivity index (χ2n) is 6.51. The molecule has 0 radical (unpaired) electrons. The van der Waals surface area contributed by atoms with E-state index in [4.69, 9.17) is 0 Å². The maximum Gasteiger partial charge on any atom is 0.220 e. The molecule has 0 spiro atoms. The molecule has 1 aliphatic heterocycles. The first-order chi connectivity index (χ1) is 10.1. The van der Waals surface area contributed by atoms with E-state index in [9.17, 15) is 4.79 Å². The minimum absolute atomic E-state index is 0.157. The number of benzene rings is 1. The Hall–Kier alpha value is -1.35. The molecule has 0 bridgehead atoms. The zero-order chi connectivity index (χ0) is 15.1. The van der Waals surface area contributed by atoms with E-state index in [2.05, 4.69) is 48.3 Å². The first kappa shape index (κ1) is 16.0. The molecule has 1 fully saturated rings. The van der Waals surface area contributed by atoms with Crippen molar-refractivity contribution in [2.45, 2.75) is 52.6 Å². The van der Waals surface area contributed by atoms with Crippen LogP contribution in [0, 0.1) is 5.92 Å². The largest absolute Gasteiger partial charge is 0.352 e. The molecule has 2 rings (SSSR count). The molecule has 0 saturated carbocycles. The van der Waals surface area contributed by atoms with E-state index in [0.29, 0.717) is 18.9 Å². The third kappa shape index (κ3) is 5.88. The van der Waals surface area contributed by atoms with Gasteiger partial charge in [0.2, 0.25) is 5.91 Å². The molecule has 3 heteroatoms. The average Bonchev–Trinajstić information content (AvgIpc) is 2.97. The molecule has 1 aromatic carbocycles. The fourth-order valence-electron chi connectivity index (χ4n) is 2.67. The van der Waals surface area contributed by atoms with Gasteiger partial charge in [-0.15, -0.1) is 0 Å². The van der Waals surface area contributed by atoms with Crippen molar-refractivity contribution in [3.63, 3.8) is 0 Å². The molecule has 0 atom stereocenters. The maximum atomic E-state index is 11.7. The van der Waals surface area contributed by atoms with Gasteiger partial charge in [-0.1, -0.05) is 38.1 Å². The van der Waals surface area contributed by atoms with Crippen LogP contribution in [0.15, 0.2) is 24.3 Å². The van der Waals surface area contributed by atoms with Crippen LogP contribution in [-0.4, -0.2) is 23.9 Å². The quantitative estimate of drug-likeness (QED) is 0.834. The Labute approximate surface area is 128 Å². The van der Waals surface area contributed by atoms with Crippen molar-refractivity contribution in [2.24, 2.45) is 5.92 Å². The Bertz CT molecular complexity index is 433. The molecule has 0 aliphatic carbocycles. The van der Waals surface area contributed by atoms with Gasteiger partial charge in [0.15, 0.2) is 0 Å². The summed E-state index contributed by atoms with van der Waals surface area (Å²) < 4.78 is 0. The molecule has 1 amide bonds. The summed E-state index contributed by atoms with van der Waals surface area (Å²) in [6.45, 7) is 8.45. The SMILES string of the molecule is CC(C)CCC(=O)NCc1ccc(CN2CCCC2)cc1. The number of nitrogens with zero attached hydrogens (tertiary/aromatic N) is 1. The lowest BCUT2D eigenvalue weighted by Gasteiger charge is -2.14. The van der Waals surface area contributed by atoms with E-state index in [1.165, 1.54) is 37.1 Å². The lowest BCUT2D eigenvalue weighted by Crippen LogP contribution is -2.23. The predicted octanol–water partition coefficient (Wildman–Crippen LogP) is 3.33. The Morgan fingerprint density at radius 3 is 2.38 bits per heavy atom. The Morgan fingerprint density at radius 1 is 1.14 bits per heavy atom. The zero-order valence-corrected chi connectivity index (χ0v) is 13.4. The highest BCUT2D eigenvalue weighted by atomic mass is 16.1. The number of likely N-dealkylation sites (tertiary alicyclic amines) is 1. The predicted molar refractivity (Wildman–Crippen MR) is 86.9 cm³/mol. The molecule has 1 aromatic rings. The van der Waals surface area contributed by atoms with Gasteiger partial charge in [0.1, 0.15) is 0 Å². The minimum Gasteiger partial charge on any atom is -0.352 e. The van der Waals surface area contributed by atoms with Gasteiger partial charge >= 0.3 is 0 Å². The third-order valence-corrected chi connectivity index (χ3v) is 4.07. The highest BCUT2D eigenvalue weighted by Crippen LogP contribution is 2.13. The molecule has 116 valence electrons. The fraction of sp³-hybridized carbons (Fsp3) is 0.611. The lowest BCUT2D eigenvalue weighted by molar-refractivity contribution is -0.121. The summed E-state index contributed by atoms with van der Waals surface area (Å²) in [6.07, 6.45) is 4.26. The monoisotopic (exact) mass is 288 g/mol. The van der Waals surface area contributed by atoms with Gasteiger partial charge < -0.3 is 5.32 Å². The van der Waals surface area contributed by atoms with Crippen LogP contribution in [0.3, 0.4) is 0 Å². The van der Waals surface area contributed by atoms with Crippen LogP contribution in [0.5, 0.6) is 0 Å². The van der Waals surface area contributed by atoms with Gasteiger partial charge in [0.25, 0.3) is 0 Å². The first-order valence-electron chi connectivity index (χ1n) is 8.20. The van der Waals surface area contributed by atoms with Crippen LogP contribution >= 0.6 is 0 Å². The normalized spacial score (nSPS) is 15.6. The van der Waals surface area contributed by atoms with Crippen molar-refractivity contribution in [1.29, 1.82) is 0 Å². The number of hydrogen-bond donors (Lipinski definition) is 1. The molecule has 0 unspecified atom stereocenters. The molecule has 1 saturated heterocycles. The summed E-state index contributed by atoms with van der Waals surface area (Å²) in [5.41, 5.74) is 2.55. The minimum atomic E-state index is 0.157. The van der Waals surface area contributed by atoms with Gasteiger partial charge in [-0.2, -0.15) is 0 Å². The number of carbonyl (C=O) groups is 1. The van der Waals surface area contributed by atoms with Crippen molar-refractivity contribution in [3.05, 3.63) is 35.4 Å². The van der Waals surface area contributed by atoms with Crippen LogP contribution in [0.2, 0.25) is 0 Å². The maximum absolute atomic E-state index is 11.7. The fourth-order valence-corrected chi connectivity index (χ4v) is 2.67. The van der Waals surface area contributed by atoms with Crippen molar-refractivity contribution in [2.75, 3.05) is 13.1 Å². The Balaban J connectivity index is 1.72. The second kappa shape index (κ2) is 8.18. The van der Waals surface area contributed by atoms with Crippen LogP contribution in [-0.2, 0) is 17.9 Å². The van der Waals surface area contributed by atoms with Crippen LogP contribution in [0.4, 0.5) is 0 Å². The highest BCUT2D eigenvalue weighted by molar-refractivity contribution is 5.75. The summed E-state index contributed by atoms with van der Waals surface area (Å²) in [5, 5.41) is 3.00. The van der Waals surface area contributed by atoms with Crippen LogP contribution in [0.1, 0.15) is 50.7 Å². The summed E-state index contributed by atoms with van der Waals surface area (Å²) in [4.78, 5) is 14.2. The van der Waals surface area contributed by atoms with E-state index in [-0.39, 0.29) is 5.91 Å². The van der Waals surface area contributed by atoms with Crippen molar-refractivity contribution in [3.8, 4) is 0 Å². The van der Waals surface area contributed by atoms with E-state index >= 15 is 0 Å². The van der Waals surface area contributed by atoms with E-state index in [1.54, 1.807) is 0 Å². The van der Waals surface area contributed by atoms with E-state index in [1.807, 2.05) is 0 Å². The van der Waals surface area contributed by atoms with E-state index in [0.717, 1.165) is 13.0 Å². The molecule has 1 heterocycles. The van der Waals surface area contributed by atoms with Crippen molar-refractivity contribution in [1.82, 2.24) is 10.2 Å². The average molecular weight is 288 g/mol. The summed E-state index contributed by atoms with van der Waals surface area (Å²) in [7, 11) is 0.